The van der Waals surface area contributed by atoms with Gasteiger partial charge in [-0.05, 0) is 48.9 Å². The number of amides is 1. The van der Waals surface area contributed by atoms with Gasteiger partial charge in [0.1, 0.15) is 0 Å². The van der Waals surface area contributed by atoms with Crippen LogP contribution in [0.15, 0.2) is 54.1 Å². The first-order chi connectivity index (χ1) is 15.2. The summed E-state index contributed by atoms with van der Waals surface area (Å²) in [7, 11) is 0. The highest BCUT2D eigenvalue weighted by atomic mass is 16.7. The van der Waals surface area contributed by atoms with Crippen molar-refractivity contribution in [3.63, 3.8) is 0 Å². The third-order valence-corrected chi connectivity index (χ3v) is 6.70. The summed E-state index contributed by atoms with van der Waals surface area (Å²) in [6.45, 7) is 6.24. The summed E-state index contributed by atoms with van der Waals surface area (Å²) in [5.41, 5.74) is 3.75. The van der Waals surface area contributed by atoms with Crippen LogP contribution in [0.4, 0.5) is 0 Å². The van der Waals surface area contributed by atoms with Crippen molar-refractivity contribution in [2.45, 2.75) is 38.8 Å². The minimum absolute atomic E-state index is 0.278. The Bertz CT molecular complexity index is 972. The first-order valence-electron chi connectivity index (χ1n) is 11.3. The lowest BCUT2D eigenvalue weighted by molar-refractivity contribution is -0.142. The Morgan fingerprint density at radius 1 is 1.10 bits per heavy atom. The molecular formula is C26H30N2O3. The van der Waals surface area contributed by atoms with Gasteiger partial charge in [-0.2, -0.15) is 0 Å². The maximum atomic E-state index is 12.8. The molecule has 0 N–H and O–H groups in total. The van der Waals surface area contributed by atoms with Gasteiger partial charge in [0.15, 0.2) is 11.5 Å². The lowest BCUT2D eigenvalue weighted by Crippen LogP contribution is -2.55. The predicted octanol–water partition coefficient (Wildman–Crippen LogP) is 4.33. The van der Waals surface area contributed by atoms with E-state index in [0.29, 0.717) is 24.9 Å². The Kier molecular flexibility index (Phi) is 5.68. The summed E-state index contributed by atoms with van der Waals surface area (Å²) in [6, 6.07) is 16.9. The molecule has 2 atom stereocenters. The number of hydrogen-bond acceptors (Lipinski definition) is 4. The van der Waals surface area contributed by atoms with Crippen molar-refractivity contribution in [2.75, 3.05) is 26.4 Å². The number of nitrogens with zero attached hydrogens (tertiary/aromatic N) is 2. The van der Waals surface area contributed by atoms with Crippen molar-refractivity contribution in [1.29, 1.82) is 0 Å². The molecule has 0 aliphatic carbocycles. The van der Waals surface area contributed by atoms with Crippen molar-refractivity contribution in [1.82, 2.24) is 9.80 Å². The lowest BCUT2D eigenvalue weighted by Gasteiger charge is -2.47. The van der Waals surface area contributed by atoms with E-state index in [-0.39, 0.29) is 12.7 Å². The minimum Gasteiger partial charge on any atom is -0.454 e. The standard InChI is InChI=1S/C26H30N2O3/c1-19(13-20-5-3-2-4-6-20)15-27-12-11-23-22(17-27)8-10-26(29)28(23)16-21-7-9-24-25(14-21)31-18-30-24/h2-7,9,13-14,22-23H,8,10-12,15-18H2,1H3/b19-13+/t22-,23+/m1/s1. The van der Waals surface area contributed by atoms with Crippen LogP contribution in [0.5, 0.6) is 11.5 Å². The number of carbonyl (C=O) groups is 1. The molecular weight excluding hydrogens is 388 g/mol. The molecule has 0 spiro atoms. The number of rotatable bonds is 5. The van der Waals surface area contributed by atoms with Crippen LogP contribution in [0.3, 0.4) is 0 Å². The summed E-state index contributed by atoms with van der Waals surface area (Å²) >= 11 is 0. The van der Waals surface area contributed by atoms with E-state index in [4.69, 9.17) is 9.47 Å². The largest absolute Gasteiger partial charge is 0.454 e. The third-order valence-electron chi connectivity index (χ3n) is 6.70. The number of benzene rings is 2. The van der Waals surface area contributed by atoms with Crippen molar-refractivity contribution in [3.05, 3.63) is 65.2 Å². The maximum Gasteiger partial charge on any atom is 0.231 e. The molecule has 0 unspecified atom stereocenters. The second-order valence-corrected chi connectivity index (χ2v) is 9.00. The fourth-order valence-electron chi connectivity index (χ4n) is 5.24. The summed E-state index contributed by atoms with van der Waals surface area (Å²) in [6.07, 6.45) is 4.97. The summed E-state index contributed by atoms with van der Waals surface area (Å²) in [5, 5.41) is 0. The number of piperidine rings is 2. The summed E-state index contributed by atoms with van der Waals surface area (Å²) in [4.78, 5) is 17.5. The molecule has 2 aromatic carbocycles. The molecule has 2 fully saturated rings. The molecule has 3 aliphatic heterocycles. The van der Waals surface area contributed by atoms with E-state index in [0.717, 1.165) is 49.5 Å². The number of hydrogen-bond donors (Lipinski definition) is 0. The molecule has 5 rings (SSSR count). The van der Waals surface area contributed by atoms with E-state index >= 15 is 0 Å². The SMILES string of the molecule is C/C(=C\c1ccccc1)CN1CC[C@H]2[C@H](CCC(=O)N2Cc2ccc3c(c2)OCO3)C1. The Morgan fingerprint density at radius 3 is 2.81 bits per heavy atom. The zero-order valence-electron chi connectivity index (χ0n) is 18.1. The average Bonchev–Trinajstić information content (AvgIpc) is 3.24. The van der Waals surface area contributed by atoms with Crippen molar-refractivity contribution in [2.24, 2.45) is 5.92 Å². The van der Waals surface area contributed by atoms with Gasteiger partial charge in [-0.3, -0.25) is 9.69 Å². The topological polar surface area (TPSA) is 42.0 Å². The van der Waals surface area contributed by atoms with Gasteiger partial charge in [0.2, 0.25) is 12.7 Å². The number of fused-ring (bicyclic) bond motifs is 2. The molecule has 0 bridgehead atoms. The Balaban J connectivity index is 1.23. The fraction of sp³-hybridized carbons (Fsp3) is 0.423. The Morgan fingerprint density at radius 2 is 1.94 bits per heavy atom. The van der Waals surface area contributed by atoms with E-state index in [1.807, 2.05) is 12.1 Å². The molecule has 162 valence electrons. The molecule has 2 aromatic rings. The van der Waals surface area contributed by atoms with E-state index in [1.54, 1.807) is 0 Å². The molecule has 5 heteroatoms. The van der Waals surface area contributed by atoms with Gasteiger partial charge >= 0.3 is 0 Å². The predicted molar refractivity (Wildman–Crippen MR) is 121 cm³/mol. The Labute approximate surface area is 184 Å². The van der Waals surface area contributed by atoms with Gasteiger partial charge in [-0.25, -0.2) is 0 Å². The van der Waals surface area contributed by atoms with Crippen molar-refractivity contribution >= 4 is 12.0 Å². The van der Waals surface area contributed by atoms with E-state index < -0.39 is 0 Å². The van der Waals surface area contributed by atoms with E-state index in [2.05, 4.69) is 59.2 Å². The number of likely N-dealkylation sites (tertiary alicyclic amines) is 2. The highest BCUT2D eigenvalue weighted by Gasteiger charge is 2.39. The van der Waals surface area contributed by atoms with Crippen molar-refractivity contribution in [3.8, 4) is 11.5 Å². The van der Waals surface area contributed by atoms with Crippen LogP contribution in [0.2, 0.25) is 0 Å². The molecule has 0 aromatic heterocycles. The first kappa shape index (κ1) is 20.1. The monoisotopic (exact) mass is 418 g/mol. The average molecular weight is 419 g/mol. The van der Waals surface area contributed by atoms with Gasteiger partial charge in [-0.15, -0.1) is 0 Å². The molecule has 2 saturated heterocycles. The smallest absolute Gasteiger partial charge is 0.231 e. The molecule has 5 nitrogen and oxygen atoms in total. The van der Waals surface area contributed by atoms with Crippen LogP contribution in [0, 0.1) is 5.92 Å². The minimum atomic E-state index is 0.278. The second kappa shape index (κ2) is 8.75. The van der Waals surface area contributed by atoms with E-state index in [9.17, 15) is 4.79 Å². The number of carbonyl (C=O) groups excluding carboxylic acids is 1. The maximum absolute atomic E-state index is 12.8. The quantitative estimate of drug-likeness (QED) is 0.725. The zero-order chi connectivity index (χ0) is 21.2. The van der Waals surface area contributed by atoms with Gasteiger partial charge in [0.05, 0.1) is 0 Å². The molecule has 0 radical (unpaired) electrons. The molecule has 31 heavy (non-hydrogen) atoms. The third kappa shape index (κ3) is 4.47. The van der Waals surface area contributed by atoms with E-state index in [1.165, 1.54) is 11.1 Å². The highest BCUT2D eigenvalue weighted by molar-refractivity contribution is 5.77. The van der Waals surface area contributed by atoms with Gasteiger partial charge in [0.25, 0.3) is 0 Å². The van der Waals surface area contributed by atoms with Crippen LogP contribution in [0.1, 0.15) is 37.3 Å². The molecule has 0 saturated carbocycles. The van der Waals surface area contributed by atoms with Crippen LogP contribution >= 0.6 is 0 Å². The first-order valence-corrected chi connectivity index (χ1v) is 11.3. The van der Waals surface area contributed by atoms with Gasteiger partial charge in [-0.1, -0.05) is 48.0 Å². The Hall–Kier alpha value is -2.79. The highest BCUT2D eigenvalue weighted by Crippen LogP contribution is 2.36. The molecule has 3 aliphatic rings. The van der Waals surface area contributed by atoms with Crippen LogP contribution in [-0.4, -0.2) is 48.2 Å². The second-order valence-electron chi connectivity index (χ2n) is 9.00. The lowest BCUT2D eigenvalue weighted by atomic mass is 9.83. The van der Waals surface area contributed by atoms with Crippen LogP contribution < -0.4 is 9.47 Å². The van der Waals surface area contributed by atoms with Crippen molar-refractivity contribution < 1.29 is 14.3 Å². The fourth-order valence-corrected chi connectivity index (χ4v) is 5.24. The number of ether oxygens (including phenoxy) is 2. The molecule has 1 amide bonds. The van der Waals surface area contributed by atoms with Gasteiger partial charge in [0, 0.05) is 38.6 Å². The normalized spacial score (nSPS) is 23.7. The van der Waals surface area contributed by atoms with Gasteiger partial charge < -0.3 is 14.4 Å². The van der Waals surface area contributed by atoms with Crippen LogP contribution in [0.25, 0.3) is 6.08 Å². The van der Waals surface area contributed by atoms with Crippen LogP contribution in [-0.2, 0) is 11.3 Å². The summed E-state index contributed by atoms with van der Waals surface area (Å²) < 4.78 is 10.9. The zero-order valence-corrected chi connectivity index (χ0v) is 18.1. The molecule has 3 heterocycles. The summed E-state index contributed by atoms with van der Waals surface area (Å²) in [5.74, 6) is 2.41.